The Kier molecular flexibility index (Phi) is 6.94. The van der Waals surface area contributed by atoms with E-state index in [0.717, 1.165) is 28.7 Å². The second-order valence-electron chi connectivity index (χ2n) is 8.33. The zero-order chi connectivity index (χ0) is 24.8. The minimum atomic E-state index is -3.57. The van der Waals surface area contributed by atoms with Gasteiger partial charge in [-0.05, 0) is 60.9 Å². The Balaban J connectivity index is 1.43. The third-order valence-electron chi connectivity index (χ3n) is 5.70. The fourth-order valence-electron chi connectivity index (χ4n) is 3.80. The Bertz CT molecular complexity index is 1530. The van der Waals surface area contributed by atoms with Crippen LogP contribution in [0, 0.1) is 11.8 Å². The topological polar surface area (TPSA) is 96.0 Å². The van der Waals surface area contributed by atoms with Crippen LogP contribution >= 0.6 is 0 Å². The van der Waals surface area contributed by atoms with Crippen molar-refractivity contribution in [1.82, 2.24) is 14.7 Å². The van der Waals surface area contributed by atoms with E-state index in [0.29, 0.717) is 37.0 Å². The molecule has 1 aliphatic heterocycles. The molecule has 0 unspecified atom stereocenters. The van der Waals surface area contributed by atoms with Crippen molar-refractivity contribution in [3.05, 3.63) is 96.2 Å². The predicted octanol–water partition coefficient (Wildman–Crippen LogP) is 4.77. The van der Waals surface area contributed by atoms with Gasteiger partial charge in [0.1, 0.15) is 5.82 Å². The SMILES string of the molecule is O=S1(=O)NCCCCNc2nc(ncc2-c2ccc(C#Cc3ccccc3)cc2)Nc2cccc1c2. The molecular formula is C28H25N5O2S. The Morgan fingerprint density at radius 2 is 1.56 bits per heavy atom. The Labute approximate surface area is 211 Å². The van der Waals surface area contributed by atoms with Crippen LogP contribution in [0.15, 0.2) is 90.0 Å². The van der Waals surface area contributed by atoms with Crippen LogP contribution in [0.3, 0.4) is 0 Å². The molecule has 5 rings (SSSR count). The number of anilines is 3. The zero-order valence-corrected chi connectivity index (χ0v) is 20.3. The van der Waals surface area contributed by atoms with Crippen molar-refractivity contribution in [1.29, 1.82) is 0 Å². The number of rotatable bonds is 1. The van der Waals surface area contributed by atoms with Gasteiger partial charge in [-0.2, -0.15) is 4.98 Å². The fourth-order valence-corrected chi connectivity index (χ4v) is 4.92. The van der Waals surface area contributed by atoms with E-state index in [-0.39, 0.29) is 4.90 Å². The molecule has 3 N–H and O–H groups in total. The van der Waals surface area contributed by atoms with E-state index in [1.165, 1.54) is 0 Å². The summed E-state index contributed by atoms with van der Waals surface area (Å²) in [5.41, 5.74) is 4.35. The Morgan fingerprint density at radius 1 is 0.806 bits per heavy atom. The summed E-state index contributed by atoms with van der Waals surface area (Å²) < 4.78 is 27.8. The predicted molar refractivity (Wildman–Crippen MR) is 143 cm³/mol. The van der Waals surface area contributed by atoms with Crippen molar-refractivity contribution < 1.29 is 8.42 Å². The van der Waals surface area contributed by atoms with Crippen LogP contribution in [0.2, 0.25) is 0 Å². The van der Waals surface area contributed by atoms with Gasteiger partial charge in [0.25, 0.3) is 0 Å². The molecule has 2 heterocycles. The van der Waals surface area contributed by atoms with Crippen molar-refractivity contribution in [2.24, 2.45) is 0 Å². The normalized spacial score (nSPS) is 14.8. The maximum atomic E-state index is 12.6. The van der Waals surface area contributed by atoms with Gasteiger partial charge in [0.2, 0.25) is 16.0 Å². The average Bonchev–Trinajstić information content (AvgIpc) is 2.90. The van der Waals surface area contributed by atoms with Gasteiger partial charge < -0.3 is 10.6 Å². The Morgan fingerprint density at radius 3 is 2.36 bits per heavy atom. The number of sulfonamides is 1. The number of nitrogens with one attached hydrogen (secondary N) is 3. The van der Waals surface area contributed by atoms with Gasteiger partial charge >= 0.3 is 0 Å². The lowest BCUT2D eigenvalue weighted by Crippen LogP contribution is -2.25. The van der Waals surface area contributed by atoms with Crippen molar-refractivity contribution in [3.8, 4) is 23.0 Å². The quantitative estimate of drug-likeness (QED) is 0.329. The number of hydrogen-bond acceptors (Lipinski definition) is 6. The summed E-state index contributed by atoms with van der Waals surface area (Å²) in [7, 11) is -3.57. The van der Waals surface area contributed by atoms with Crippen LogP contribution in [0.1, 0.15) is 24.0 Å². The smallest absolute Gasteiger partial charge is 0.240 e. The second kappa shape index (κ2) is 10.6. The third-order valence-corrected chi connectivity index (χ3v) is 7.16. The minimum absolute atomic E-state index is 0.204. The highest BCUT2D eigenvalue weighted by Gasteiger charge is 2.15. The maximum Gasteiger partial charge on any atom is 0.240 e. The second-order valence-corrected chi connectivity index (χ2v) is 10.1. The van der Waals surface area contributed by atoms with Gasteiger partial charge in [-0.15, -0.1) is 0 Å². The molecule has 0 radical (unpaired) electrons. The van der Waals surface area contributed by atoms with Crippen molar-refractivity contribution in [3.63, 3.8) is 0 Å². The summed E-state index contributed by atoms with van der Waals surface area (Å²) in [6.07, 6.45) is 3.26. The molecule has 0 amide bonds. The van der Waals surface area contributed by atoms with E-state index in [4.69, 9.17) is 4.98 Å². The fraction of sp³-hybridized carbons (Fsp3) is 0.143. The van der Waals surface area contributed by atoms with E-state index >= 15 is 0 Å². The van der Waals surface area contributed by atoms with Crippen molar-refractivity contribution in [2.45, 2.75) is 17.7 Å². The largest absolute Gasteiger partial charge is 0.369 e. The molecule has 1 aliphatic rings. The van der Waals surface area contributed by atoms with Gasteiger partial charge in [-0.25, -0.2) is 18.1 Å². The van der Waals surface area contributed by atoms with Crippen molar-refractivity contribution in [2.75, 3.05) is 23.7 Å². The first-order chi connectivity index (χ1) is 17.6. The van der Waals surface area contributed by atoms with Crippen LogP contribution in [0.25, 0.3) is 11.1 Å². The number of fused-ring (bicyclic) bond motifs is 4. The molecule has 3 aromatic carbocycles. The molecule has 8 heteroatoms. The summed E-state index contributed by atoms with van der Waals surface area (Å²) in [6, 6.07) is 24.5. The number of benzene rings is 3. The molecular weight excluding hydrogens is 470 g/mol. The molecule has 0 spiro atoms. The van der Waals surface area contributed by atoms with Gasteiger partial charge in [-0.1, -0.05) is 48.2 Å². The summed E-state index contributed by atoms with van der Waals surface area (Å²) in [4.78, 5) is 9.39. The summed E-state index contributed by atoms with van der Waals surface area (Å²) in [5.74, 6) is 7.47. The lowest BCUT2D eigenvalue weighted by Gasteiger charge is -2.15. The number of hydrogen-bond donors (Lipinski definition) is 3. The zero-order valence-electron chi connectivity index (χ0n) is 19.5. The first kappa shape index (κ1) is 23.5. The number of aromatic nitrogens is 2. The van der Waals surface area contributed by atoms with Crippen LogP contribution in [-0.4, -0.2) is 31.5 Å². The van der Waals surface area contributed by atoms with Gasteiger partial charge in [0, 0.05) is 41.7 Å². The van der Waals surface area contributed by atoms with E-state index in [9.17, 15) is 8.42 Å². The monoisotopic (exact) mass is 495 g/mol. The van der Waals surface area contributed by atoms with Gasteiger partial charge in [0.15, 0.2) is 0 Å². The summed E-state index contributed by atoms with van der Waals surface area (Å²) in [6.45, 7) is 1.02. The first-order valence-corrected chi connectivity index (χ1v) is 13.2. The average molecular weight is 496 g/mol. The Hall–Kier alpha value is -4.19. The molecule has 1 aromatic heterocycles. The molecule has 0 atom stereocenters. The number of nitrogens with zero attached hydrogens (tertiary/aromatic N) is 2. The maximum absolute atomic E-state index is 12.6. The first-order valence-electron chi connectivity index (χ1n) is 11.7. The molecule has 4 bridgehead atoms. The molecule has 0 saturated carbocycles. The molecule has 0 fully saturated rings. The van der Waals surface area contributed by atoms with E-state index in [1.54, 1.807) is 30.5 Å². The molecule has 0 aliphatic carbocycles. The summed E-state index contributed by atoms with van der Waals surface area (Å²) in [5, 5.41) is 6.52. The lowest BCUT2D eigenvalue weighted by molar-refractivity contribution is 0.577. The lowest BCUT2D eigenvalue weighted by atomic mass is 10.1. The van der Waals surface area contributed by atoms with E-state index < -0.39 is 10.0 Å². The molecule has 36 heavy (non-hydrogen) atoms. The van der Waals surface area contributed by atoms with Crippen molar-refractivity contribution >= 4 is 27.5 Å². The summed E-state index contributed by atoms with van der Waals surface area (Å²) >= 11 is 0. The highest BCUT2D eigenvalue weighted by molar-refractivity contribution is 7.89. The van der Waals surface area contributed by atoms with E-state index in [1.807, 2.05) is 54.6 Å². The van der Waals surface area contributed by atoms with Crippen LogP contribution in [0.4, 0.5) is 17.5 Å². The highest BCUT2D eigenvalue weighted by Crippen LogP contribution is 2.28. The minimum Gasteiger partial charge on any atom is -0.369 e. The molecule has 7 nitrogen and oxygen atoms in total. The highest BCUT2D eigenvalue weighted by atomic mass is 32.2. The van der Waals surface area contributed by atoms with Gasteiger partial charge in [-0.3, -0.25) is 0 Å². The van der Waals surface area contributed by atoms with Gasteiger partial charge in [0.05, 0.1) is 4.90 Å². The third kappa shape index (κ3) is 5.71. The van der Waals surface area contributed by atoms with Crippen LogP contribution < -0.4 is 15.4 Å². The van der Waals surface area contributed by atoms with Crippen LogP contribution in [0.5, 0.6) is 0 Å². The molecule has 4 aromatic rings. The molecule has 0 saturated heterocycles. The standard InChI is InChI=1S/C28H25N5O2S/c34-36(35)25-10-6-9-24(19-25)32-28-30-20-26(27(33-28)29-17-4-5-18-31-36)23-15-13-22(14-16-23)12-11-21-7-2-1-3-8-21/h1-3,6-10,13-16,19-20,31H,4-5,17-18H2,(H2,29,30,32,33). The molecule has 180 valence electrons. The van der Waals surface area contributed by atoms with Crippen LogP contribution in [-0.2, 0) is 10.0 Å². The van der Waals surface area contributed by atoms with E-state index in [2.05, 4.69) is 32.2 Å².